The van der Waals surface area contributed by atoms with Crippen molar-refractivity contribution >= 4 is 11.6 Å². The van der Waals surface area contributed by atoms with E-state index in [4.69, 9.17) is 4.74 Å². The fourth-order valence-corrected chi connectivity index (χ4v) is 2.55. The van der Waals surface area contributed by atoms with Crippen LogP contribution in [0.1, 0.15) is 20.3 Å². The average molecular weight is 249 g/mol. The molecule has 1 aromatic rings. The van der Waals surface area contributed by atoms with Gasteiger partial charge in [-0.1, -0.05) is 0 Å². The molecule has 0 radical (unpaired) electrons. The number of rotatable bonds is 3. The van der Waals surface area contributed by atoms with Gasteiger partial charge in [0.25, 0.3) is 0 Å². The molecule has 4 nitrogen and oxygen atoms in total. The Balaban J connectivity index is 2.33. The van der Waals surface area contributed by atoms with Crippen LogP contribution in [0.25, 0.3) is 0 Å². The minimum atomic E-state index is -0.361. The summed E-state index contributed by atoms with van der Waals surface area (Å²) in [5.74, 6) is 0.804. The van der Waals surface area contributed by atoms with Crippen LogP contribution in [0.3, 0.4) is 0 Å². The third-order valence-corrected chi connectivity index (χ3v) is 3.80. The summed E-state index contributed by atoms with van der Waals surface area (Å²) in [6.45, 7) is 4.01. The number of anilines is 1. The van der Waals surface area contributed by atoms with Crippen LogP contribution < -0.4 is 9.64 Å². The minimum absolute atomic E-state index is 0.0212. The third-order valence-electron chi connectivity index (χ3n) is 3.80. The molecule has 1 fully saturated rings. The molecule has 1 heterocycles. The predicted octanol–water partition coefficient (Wildman–Crippen LogP) is 1.82. The van der Waals surface area contributed by atoms with Gasteiger partial charge in [0.1, 0.15) is 5.75 Å². The van der Waals surface area contributed by atoms with Crippen molar-refractivity contribution in [3.8, 4) is 5.75 Å². The van der Waals surface area contributed by atoms with Crippen LogP contribution in [0, 0.1) is 5.92 Å². The smallest absolute Gasteiger partial charge is 0.227 e. The Kier molecular flexibility index (Phi) is 3.30. The van der Waals surface area contributed by atoms with E-state index in [-0.39, 0.29) is 24.0 Å². The van der Waals surface area contributed by atoms with Crippen molar-refractivity contribution < 1.29 is 14.6 Å². The largest absolute Gasteiger partial charge is 0.497 e. The lowest BCUT2D eigenvalue weighted by atomic mass is 9.89. The molecule has 0 saturated carbocycles. The lowest BCUT2D eigenvalue weighted by Gasteiger charge is -2.35. The van der Waals surface area contributed by atoms with Gasteiger partial charge in [-0.05, 0) is 38.1 Å². The van der Waals surface area contributed by atoms with Crippen molar-refractivity contribution in [2.24, 2.45) is 5.92 Å². The number of hydrogen-bond acceptors (Lipinski definition) is 3. The normalized spacial score (nSPS) is 22.3. The molecule has 1 aliphatic rings. The molecule has 98 valence electrons. The summed E-state index contributed by atoms with van der Waals surface area (Å²) in [4.78, 5) is 13.9. The van der Waals surface area contributed by atoms with Crippen LogP contribution >= 0.6 is 0 Å². The molecular weight excluding hydrogens is 230 g/mol. The monoisotopic (exact) mass is 249 g/mol. The van der Waals surface area contributed by atoms with Gasteiger partial charge in [-0.3, -0.25) is 4.79 Å². The van der Waals surface area contributed by atoms with E-state index in [1.807, 2.05) is 38.1 Å². The van der Waals surface area contributed by atoms with E-state index in [0.717, 1.165) is 11.4 Å². The number of methoxy groups -OCH3 is 1. The SMILES string of the molecule is COc1ccc(N2C(=O)CC(CO)C2(C)C)cc1. The highest BCUT2D eigenvalue weighted by Crippen LogP contribution is 2.39. The maximum absolute atomic E-state index is 12.1. The number of amides is 1. The lowest BCUT2D eigenvalue weighted by molar-refractivity contribution is -0.117. The van der Waals surface area contributed by atoms with E-state index in [9.17, 15) is 9.90 Å². The van der Waals surface area contributed by atoms with Crippen LogP contribution in [0.15, 0.2) is 24.3 Å². The molecule has 1 aromatic carbocycles. The maximum Gasteiger partial charge on any atom is 0.227 e. The quantitative estimate of drug-likeness (QED) is 0.889. The van der Waals surface area contributed by atoms with Crippen molar-refractivity contribution in [2.45, 2.75) is 25.8 Å². The van der Waals surface area contributed by atoms with Crippen LogP contribution in [0.5, 0.6) is 5.75 Å². The number of hydrogen-bond donors (Lipinski definition) is 1. The third kappa shape index (κ3) is 1.97. The average Bonchev–Trinajstić information content (AvgIpc) is 2.59. The fraction of sp³-hybridized carbons (Fsp3) is 0.500. The zero-order valence-corrected chi connectivity index (χ0v) is 11.0. The Morgan fingerprint density at radius 3 is 2.44 bits per heavy atom. The molecule has 1 unspecified atom stereocenters. The molecule has 2 rings (SSSR count). The Bertz CT molecular complexity index is 439. The molecule has 18 heavy (non-hydrogen) atoms. The van der Waals surface area contributed by atoms with Crippen molar-refractivity contribution in [1.29, 1.82) is 0 Å². The van der Waals surface area contributed by atoms with E-state index in [1.54, 1.807) is 12.0 Å². The maximum atomic E-state index is 12.1. The molecule has 1 amide bonds. The van der Waals surface area contributed by atoms with Crippen molar-refractivity contribution in [1.82, 2.24) is 0 Å². The number of benzene rings is 1. The van der Waals surface area contributed by atoms with Crippen LogP contribution in [0.4, 0.5) is 5.69 Å². The highest BCUT2D eigenvalue weighted by atomic mass is 16.5. The summed E-state index contributed by atoms with van der Waals surface area (Å²) in [5, 5.41) is 9.37. The number of aliphatic hydroxyl groups is 1. The van der Waals surface area contributed by atoms with Crippen LogP contribution in [-0.2, 0) is 4.79 Å². The number of carbonyl (C=O) groups excluding carboxylic acids is 1. The second-order valence-corrected chi connectivity index (χ2v) is 5.16. The standard InChI is InChI=1S/C14H19NO3/c1-14(2)10(9-16)8-13(17)15(14)11-4-6-12(18-3)7-5-11/h4-7,10,16H,8-9H2,1-3H3. The second kappa shape index (κ2) is 4.61. The first-order chi connectivity index (χ1) is 8.50. The van der Waals surface area contributed by atoms with Gasteiger partial charge < -0.3 is 14.7 Å². The zero-order valence-electron chi connectivity index (χ0n) is 11.0. The van der Waals surface area contributed by atoms with Crippen molar-refractivity contribution in [3.05, 3.63) is 24.3 Å². The highest BCUT2D eigenvalue weighted by molar-refractivity contribution is 5.97. The van der Waals surface area contributed by atoms with Gasteiger partial charge in [-0.2, -0.15) is 0 Å². The van der Waals surface area contributed by atoms with Crippen molar-refractivity contribution in [3.63, 3.8) is 0 Å². The van der Waals surface area contributed by atoms with Gasteiger partial charge >= 0.3 is 0 Å². The van der Waals surface area contributed by atoms with Gasteiger partial charge in [0.15, 0.2) is 0 Å². The fourth-order valence-electron chi connectivity index (χ4n) is 2.55. The van der Waals surface area contributed by atoms with Crippen LogP contribution in [-0.4, -0.2) is 30.3 Å². The first kappa shape index (κ1) is 12.9. The number of ether oxygens (including phenoxy) is 1. The molecule has 0 spiro atoms. The van der Waals surface area contributed by atoms with Crippen molar-refractivity contribution in [2.75, 3.05) is 18.6 Å². The molecule has 1 aliphatic heterocycles. The highest BCUT2D eigenvalue weighted by Gasteiger charge is 2.46. The Morgan fingerprint density at radius 1 is 1.39 bits per heavy atom. The van der Waals surface area contributed by atoms with Gasteiger partial charge in [-0.25, -0.2) is 0 Å². The minimum Gasteiger partial charge on any atom is -0.497 e. The summed E-state index contributed by atoms with van der Waals surface area (Å²) < 4.78 is 5.11. The molecule has 1 atom stereocenters. The molecule has 0 bridgehead atoms. The molecule has 1 N–H and O–H groups in total. The Morgan fingerprint density at radius 2 is 2.00 bits per heavy atom. The van der Waals surface area contributed by atoms with E-state index >= 15 is 0 Å². The molecule has 0 aromatic heterocycles. The van der Waals surface area contributed by atoms with Gasteiger partial charge in [0.2, 0.25) is 5.91 Å². The Hall–Kier alpha value is -1.55. The zero-order chi connectivity index (χ0) is 13.3. The Labute approximate surface area is 107 Å². The van der Waals surface area contributed by atoms with E-state index in [0.29, 0.717) is 6.42 Å². The molecule has 0 aliphatic carbocycles. The van der Waals surface area contributed by atoms with Gasteiger partial charge in [0.05, 0.1) is 7.11 Å². The van der Waals surface area contributed by atoms with Gasteiger partial charge in [-0.15, -0.1) is 0 Å². The summed E-state index contributed by atoms with van der Waals surface area (Å²) in [6, 6.07) is 7.42. The number of aliphatic hydroxyl groups excluding tert-OH is 1. The lowest BCUT2D eigenvalue weighted by Crippen LogP contribution is -2.45. The number of carbonyl (C=O) groups is 1. The van der Waals surface area contributed by atoms with E-state index < -0.39 is 0 Å². The topological polar surface area (TPSA) is 49.8 Å². The van der Waals surface area contributed by atoms with Gasteiger partial charge in [0, 0.05) is 30.2 Å². The first-order valence-electron chi connectivity index (χ1n) is 6.08. The van der Waals surface area contributed by atoms with E-state index in [2.05, 4.69) is 0 Å². The summed E-state index contributed by atoms with van der Waals surface area (Å²) in [7, 11) is 1.61. The summed E-state index contributed by atoms with van der Waals surface area (Å²) in [5.41, 5.74) is 0.488. The molecule has 1 saturated heterocycles. The molecule has 4 heteroatoms. The van der Waals surface area contributed by atoms with Crippen LogP contribution in [0.2, 0.25) is 0 Å². The molecular formula is C14H19NO3. The first-order valence-corrected chi connectivity index (χ1v) is 6.08. The summed E-state index contributed by atoms with van der Waals surface area (Å²) >= 11 is 0. The number of nitrogens with zero attached hydrogens (tertiary/aromatic N) is 1. The van der Waals surface area contributed by atoms with E-state index in [1.165, 1.54) is 0 Å². The second-order valence-electron chi connectivity index (χ2n) is 5.16. The predicted molar refractivity (Wildman–Crippen MR) is 69.8 cm³/mol. The summed E-state index contributed by atoms with van der Waals surface area (Å²) in [6.07, 6.45) is 0.398.